The van der Waals surface area contributed by atoms with Gasteiger partial charge in [0.2, 0.25) is 0 Å². The molecular weight excluding hydrogens is 282 g/mol. The highest BCUT2D eigenvalue weighted by molar-refractivity contribution is 6.33. The predicted octanol–water partition coefficient (Wildman–Crippen LogP) is 2.17. The normalized spacial score (nSPS) is 12.2. The molecule has 0 aliphatic carbocycles. The van der Waals surface area contributed by atoms with Gasteiger partial charge in [-0.2, -0.15) is 0 Å². The van der Waals surface area contributed by atoms with E-state index >= 15 is 0 Å². The number of carbonyl (C=O) groups excluding carboxylic acids is 1. The number of ether oxygens (including phenoxy) is 2. The van der Waals surface area contributed by atoms with E-state index in [2.05, 4.69) is 0 Å². The van der Waals surface area contributed by atoms with Crippen LogP contribution in [0.4, 0.5) is 0 Å². The number of halogens is 1. The van der Waals surface area contributed by atoms with Crippen LogP contribution in [-0.4, -0.2) is 55.9 Å². The Hall–Kier alpha value is -1.30. The summed E-state index contributed by atoms with van der Waals surface area (Å²) >= 11 is 6.03. The Labute approximate surface area is 124 Å². The van der Waals surface area contributed by atoms with Crippen LogP contribution < -0.4 is 0 Å². The van der Waals surface area contributed by atoms with Crippen LogP contribution >= 0.6 is 11.6 Å². The van der Waals surface area contributed by atoms with E-state index < -0.39 is 0 Å². The molecule has 1 N–H and O–H groups in total. The Morgan fingerprint density at radius 2 is 2.10 bits per heavy atom. The topological polar surface area (TPSA) is 59.0 Å². The monoisotopic (exact) mass is 301 g/mol. The largest absolute Gasteiger partial charge is 0.508 e. The lowest BCUT2D eigenvalue weighted by atomic mass is 10.1. The first kappa shape index (κ1) is 16.8. The van der Waals surface area contributed by atoms with Crippen LogP contribution in [0.15, 0.2) is 18.2 Å². The van der Waals surface area contributed by atoms with Gasteiger partial charge in [-0.15, -0.1) is 0 Å². The number of hydrogen-bond donors (Lipinski definition) is 1. The number of aromatic hydroxyl groups is 1. The summed E-state index contributed by atoms with van der Waals surface area (Å²) in [6, 6.07) is 4.18. The van der Waals surface area contributed by atoms with Crippen molar-refractivity contribution in [1.29, 1.82) is 0 Å². The van der Waals surface area contributed by atoms with E-state index in [0.717, 1.165) is 0 Å². The van der Waals surface area contributed by atoms with Gasteiger partial charge in [0, 0.05) is 20.8 Å². The molecular formula is C14H20ClNO4. The molecule has 1 unspecified atom stereocenters. The average Bonchev–Trinajstić information content (AvgIpc) is 2.42. The number of rotatable bonds is 7. The molecule has 0 spiro atoms. The molecule has 5 nitrogen and oxygen atoms in total. The van der Waals surface area contributed by atoms with E-state index in [4.69, 9.17) is 21.1 Å². The zero-order valence-electron chi connectivity index (χ0n) is 11.9. The molecule has 0 aliphatic rings. The summed E-state index contributed by atoms with van der Waals surface area (Å²) < 4.78 is 10.1. The van der Waals surface area contributed by atoms with Crippen molar-refractivity contribution in [2.24, 2.45) is 0 Å². The number of hydrogen-bond acceptors (Lipinski definition) is 4. The van der Waals surface area contributed by atoms with Crippen molar-refractivity contribution in [2.45, 2.75) is 13.0 Å². The van der Waals surface area contributed by atoms with Crippen molar-refractivity contribution < 1.29 is 19.4 Å². The third-order valence-electron chi connectivity index (χ3n) is 2.92. The van der Waals surface area contributed by atoms with Crippen LogP contribution in [0.25, 0.3) is 0 Å². The van der Waals surface area contributed by atoms with Crippen molar-refractivity contribution >= 4 is 17.5 Å². The molecule has 1 rings (SSSR count). The SMILES string of the molecule is COCCN(C(=O)c1cc(O)ccc1Cl)C(C)COC. The Morgan fingerprint density at radius 3 is 2.70 bits per heavy atom. The minimum atomic E-state index is -0.257. The van der Waals surface area contributed by atoms with Gasteiger partial charge in [0.25, 0.3) is 5.91 Å². The molecule has 112 valence electrons. The standard InChI is InChI=1S/C14H20ClNO4/c1-10(9-20-3)16(6-7-19-2)14(18)12-8-11(17)4-5-13(12)15/h4-5,8,10,17H,6-7,9H2,1-3H3. The number of carbonyl (C=O) groups is 1. The second kappa shape index (κ2) is 8.09. The number of phenols is 1. The van der Waals surface area contributed by atoms with E-state index in [-0.39, 0.29) is 23.3 Å². The molecule has 20 heavy (non-hydrogen) atoms. The highest BCUT2D eigenvalue weighted by atomic mass is 35.5. The van der Waals surface area contributed by atoms with Crippen LogP contribution in [0, 0.1) is 0 Å². The number of nitrogens with zero attached hydrogens (tertiary/aromatic N) is 1. The molecule has 0 saturated carbocycles. The first-order valence-electron chi connectivity index (χ1n) is 6.28. The summed E-state index contributed by atoms with van der Waals surface area (Å²) in [5.41, 5.74) is 0.269. The molecule has 0 heterocycles. The van der Waals surface area contributed by atoms with Crippen LogP contribution in [0.2, 0.25) is 5.02 Å². The van der Waals surface area contributed by atoms with Gasteiger partial charge in [-0.05, 0) is 25.1 Å². The molecule has 0 saturated heterocycles. The molecule has 0 bridgehead atoms. The number of methoxy groups -OCH3 is 2. The van der Waals surface area contributed by atoms with Crippen molar-refractivity contribution in [3.8, 4) is 5.75 Å². The lowest BCUT2D eigenvalue weighted by Gasteiger charge is -2.29. The van der Waals surface area contributed by atoms with Gasteiger partial charge in [-0.3, -0.25) is 4.79 Å². The van der Waals surface area contributed by atoms with Crippen LogP contribution in [0.1, 0.15) is 17.3 Å². The lowest BCUT2D eigenvalue weighted by Crippen LogP contribution is -2.43. The van der Waals surface area contributed by atoms with E-state index in [9.17, 15) is 9.90 Å². The van der Waals surface area contributed by atoms with Gasteiger partial charge in [0.1, 0.15) is 5.75 Å². The molecule has 0 fully saturated rings. The fraction of sp³-hybridized carbons (Fsp3) is 0.500. The van der Waals surface area contributed by atoms with Gasteiger partial charge in [-0.25, -0.2) is 0 Å². The lowest BCUT2D eigenvalue weighted by molar-refractivity contribution is 0.0479. The van der Waals surface area contributed by atoms with E-state index in [1.165, 1.54) is 18.2 Å². The van der Waals surface area contributed by atoms with E-state index in [1.807, 2.05) is 6.92 Å². The second-order valence-electron chi connectivity index (χ2n) is 4.46. The Balaban J connectivity index is 2.99. The van der Waals surface area contributed by atoms with Crippen molar-refractivity contribution in [1.82, 2.24) is 4.90 Å². The van der Waals surface area contributed by atoms with Gasteiger partial charge >= 0.3 is 0 Å². The summed E-state index contributed by atoms with van der Waals surface area (Å²) in [4.78, 5) is 14.2. The molecule has 0 aromatic heterocycles. The maximum absolute atomic E-state index is 12.6. The highest BCUT2D eigenvalue weighted by Gasteiger charge is 2.23. The van der Waals surface area contributed by atoms with Gasteiger partial charge < -0.3 is 19.5 Å². The quantitative estimate of drug-likeness (QED) is 0.838. The number of phenolic OH excluding ortho intramolecular Hbond substituents is 1. The van der Waals surface area contributed by atoms with Gasteiger partial charge in [-0.1, -0.05) is 11.6 Å². The fourth-order valence-electron chi connectivity index (χ4n) is 1.87. The maximum atomic E-state index is 12.6. The Kier molecular flexibility index (Phi) is 6.78. The van der Waals surface area contributed by atoms with E-state index in [1.54, 1.807) is 19.1 Å². The number of amides is 1. The van der Waals surface area contributed by atoms with Crippen molar-refractivity contribution in [2.75, 3.05) is 34.0 Å². The first-order chi connectivity index (χ1) is 9.51. The molecule has 1 atom stereocenters. The smallest absolute Gasteiger partial charge is 0.255 e. The molecule has 1 amide bonds. The Morgan fingerprint density at radius 1 is 1.40 bits per heavy atom. The van der Waals surface area contributed by atoms with Crippen molar-refractivity contribution in [3.05, 3.63) is 28.8 Å². The Bertz CT molecular complexity index is 453. The molecule has 1 aromatic rings. The minimum absolute atomic E-state index is 0.00355. The molecule has 0 radical (unpaired) electrons. The van der Waals surface area contributed by atoms with Gasteiger partial charge in [0.05, 0.1) is 29.8 Å². The molecule has 6 heteroatoms. The van der Waals surface area contributed by atoms with Crippen LogP contribution in [-0.2, 0) is 9.47 Å². The zero-order chi connectivity index (χ0) is 15.1. The summed E-state index contributed by atoms with van der Waals surface area (Å²) in [5.74, 6) is -0.253. The third-order valence-corrected chi connectivity index (χ3v) is 3.25. The molecule has 1 aromatic carbocycles. The maximum Gasteiger partial charge on any atom is 0.255 e. The second-order valence-corrected chi connectivity index (χ2v) is 4.87. The van der Waals surface area contributed by atoms with Crippen LogP contribution in [0.5, 0.6) is 5.75 Å². The third kappa shape index (κ3) is 4.37. The summed E-state index contributed by atoms with van der Waals surface area (Å²) in [5, 5.41) is 9.81. The fourth-order valence-corrected chi connectivity index (χ4v) is 2.07. The zero-order valence-corrected chi connectivity index (χ0v) is 12.7. The summed E-state index contributed by atoms with van der Waals surface area (Å²) in [7, 11) is 3.15. The van der Waals surface area contributed by atoms with E-state index in [0.29, 0.717) is 24.8 Å². The first-order valence-corrected chi connectivity index (χ1v) is 6.66. The van der Waals surface area contributed by atoms with Crippen LogP contribution in [0.3, 0.4) is 0 Å². The highest BCUT2D eigenvalue weighted by Crippen LogP contribution is 2.23. The minimum Gasteiger partial charge on any atom is -0.508 e. The van der Waals surface area contributed by atoms with Crippen molar-refractivity contribution in [3.63, 3.8) is 0 Å². The van der Waals surface area contributed by atoms with Gasteiger partial charge in [0.15, 0.2) is 0 Å². The molecule has 0 aliphatic heterocycles. The summed E-state index contributed by atoms with van der Waals surface area (Å²) in [6.07, 6.45) is 0. The summed E-state index contributed by atoms with van der Waals surface area (Å²) in [6.45, 7) is 3.13. The average molecular weight is 302 g/mol. The number of benzene rings is 1. The predicted molar refractivity (Wildman–Crippen MR) is 77.4 cm³/mol.